The van der Waals surface area contributed by atoms with Crippen LogP contribution in [0, 0.1) is 0 Å². The quantitative estimate of drug-likeness (QED) is 0.775. The van der Waals surface area contributed by atoms with E-state index in [0.717, 1.165) is 30.6 Å². The zero-order chi connectivity index (χ0) is 21.3. The summed E-state index contributed by atoms with van der Waals surface area (Å²) in [5, 5.41) is 3.74. The highest BCUT2D eigenvalue weighted by Gasteiger charge is 2.32. The average Bonchev–Trinajstić information content (AvgIpc) is 3.36. The van der Waals surface area contributed by atoms with Gasteiger partial charge in [0.05, 0.1) is 30.5 Å². The number of rotatable bonds is 5. The van der Waals surface area contributed by atoms with Crippen LogP contribution in [0.5, 0.6) is 0 Å². The van der Waals surface area contributed by atoms with Crippen LogP contribution in [0.25, 0.3) is 0 Å². The number of fused-ring (bicyclic) bond motifs is 1. The Balaban J connectivity index is 1.63. The lowest BCUT2D eigenvalue weighted by molar-refractivity contribution is 0.0696. The van der Waals surface area contributed by atoms with E-state index in [0.29, 0.717) is 42.5 Å². The van der Waals surface area contributed by atoms with Crippen LogP contribution in [-0.4, -0.2) is 40.5 Å². The molecule has 2 aliphatic rings. The normalized spacial score (nSPS) is 19.4. The fraction of sp³-hybridized carbons (Fsp3) is 0.478. The van der Waals surface area contributed by atoms with Gasteiger partial charge in [-0.15, -0.1) is 0 Å². The maximum absolute atomic E-state index is 13.3. The molecule has 2 unspecified atom stereocenters. The molecule has 1 fully saturated rings. The summed E-state index contributed by atoms with van der Waals surface area (Å²) in [6, 6.07) is 9.32. The van der Waals surface area contributed by atoms with Gasteiger partial charge in [-0.1, -0.05) is 36.7 Å². The van der Waals surface area contributed by atoms with Gasteiger partial charge in [0.2, 0.25) is 0 Å². The summed E-state index contributed by atoms with van der Waals surface area (Å²) in [6.07, 6.45) is 2.74. The van der Waals surface area contributed by atoms with Crippen LogP contribution in [0.15, 0.2) is 30.3 Å². The molecule has 7 heteroatoms. The van der Waals surface area contributed by atoms with Crippen LogP contribution >= 0.6 is 11.6 Å². The molecule has 3 heterocycles. The minimum atomic E-state index is -0.199. The topological polar surface area (TPSA) is 63.6 Å². The molecule has 1 saturated heterocycles. The van der Waals surface area contributed by atoms with E-state index in [1.165, 1.54) is 0 Å². The van der Waals surface area contributed by atoms with Gasteiger partial charge >= 0.3 is 0 Å². The van der Waals surface area contributed by atoms with Gasteiger partial charge < -0.3 is 19.5 Å². The number of benzene rings is 1. The van der Waals surface area contributed by atoms with Gasteiger partial charge in [0.1, 0.15) is 5.69 Å². The van der Waals surface area contributed by atoms with Gasteiger partial charge in [-0.3, -0.25) is 9.59 Å². The van der Waals surface area contributed by atoms with Crippen LogP contribution in [0.3, 0.4) is 0 Å². The Hall–Kier alpha value is -2.31. The van der Waals surface area contributed by atoms with Gasteiger partial charge in [0, 0.05) is 24.2 Å². The molecule has 0 spiro atoms. The Morgan fingerprint density at radius 1 is 1.30 bits per heavy atom. The van der Waals surface area contributed by atoms with Crippen LogP contribution in [-0.2, 0) is 17.9 Å². The van der Waals surface area contributed by atoms with Crippen molar-refractivity contribution in [1.29, 1.82) is 0 Å². The first-order chi connectivity index (χ1) is 14.5. The van der Waals surface area contributed by atoms with E-state index in [1.807, 2.05) is 40.7 Å². The minimum absolute atomic E-state index is 0.00792. The van der Waals surface area contributed by atoms with Crippen LogP contribution in [0.4, 0.5) is 0 Å². The summed E-state index contributed by atoms with van der Waals surface area (Å²) >= 11 is 6.35. The van der Waals surface area contributed by atoms with Gasteiger partial charge in [-0.2, -0.15) is 0 Å². The number of likely N-dealkylation sites (tertiary alicyclic amines) is 1. The molecule has 2 aromatic rings. The molecule has 30 heavy (non-hydrogen) atoms. The van der Waals surface area contributed by atoms with Crippen molar-refractivity contribution in [2.45, 2.75) is 58.3 Å². The Morgan fingerprint density at radius 2 is 2.10 bits per heavy atom. The summed E-state index contributed by atoms with van der Waals surface area (Å²) in [7, 11) is 0. The monoisotopic (exact) mass is 429 g/mol. The van der Waals surface area contributed by atoms with E-state index in [1.54, 1.807) is 6.07 Å². The molecule has 1 aromatic carbocycles. The maximum Gasteiger partial charge on any atom is 0.268 e. The fourth-order valence-corrected chi connectivity index (χ4v) is 4.74. The second-order valence-electron chi connectivity index (χ2n) is 8.04. The smallest absolute Gasteiger partial charge is 0.268 e. The molecule has 6 nitrogen and oxygen atoms in total. The second-order valence-corrected chi connectivity index (χ2v) is 8.45. The van der Waals surface area contributed by atoms with Crippen molar-refractivity contribution in [3.63, 3.8) is 0 Å². The third kappa shape index (κ3) is 3.86. The fourth-order valence-electron chi connectivity index (χ4n) is 4.48. The maximum atomic E-state index is 13.3. The number of hydrogen-bond donors (Lipinski definition) is 1. The largest absolute Gasteiger partial charge is 0.373 e. The average molecular weight is 430 g/mol. The van der Waals surface area contributed by atoms with E-state index in [4.69, 9.17) is 16.3 Å². The number of carbonyl (C=O) groups is 2. The summed E-state index contributed by atoms with van der Waals surface area (Å²) in [5.74, 6) is -0.204. The minimum Gasteiger partial charge on any atom is -0.373 e. The van der Waals surface area contributed by atoms with E-state index >= 15 is 0 Å². The van der Waals surface area contributed by atoms with E-state index in [2.05, 4.69) is 12.2 Å². The SMILES string of the molecule is CCC(NC(=O)c1cc(C(=O)N2CCCC2C)c2n1CCOC2)c1ccccc1Cl. The summed E-state index contributed by atoms with van der Waals surface area (Å²) in [4.78, 5) is 28.4. The molecule has 2 aliphatic heterocycles. The number of hydrogen-bond acceptors (Lipinski definition) is 3. The lowest BCUT2D eigenvalue weighted by Crippen LogP contribution is -2.34. The highest BCUT2D eigenvalue weighted by molar-refractivity contribution is 6.31. The van der Waals surface area contributed by atoms with Crippen molar-refractivity contribution in [3.05, 3.63) is 57.9 Å². The van der Waals surface area contributed by atoms with Gasteiger partial charge in [-0.25, -0.2) is 0 Å². The number of carbonyl (C=O) groups excluding carboxylic acids is 2. The first-order valence-electron chi connectivity index (χ1n) is 10.7. The van der Waals surface area contributed by atoms with Crippen LogP contribution in [0.1, 0.15) is 71.3 Å². The van der Waals surface area contributed by atoms with E-state index in [-0.39, 0.29) is 23.9 Å². The highest BCUT2D eigenvalue weighted by atomic mass is 35.5. The van der Waals surface area contributed by atoms with Crippen molar-refractivity contribution < 1.29 is 14.3 Å². The summed E-state index contributed by atoms with van der Waals surface area (Å²) in [5.41, 5.74) is 2.78. The number of halogens is 1. The van der Waals surface area contributed by atoms with Crippen molar-refractivity contribution in [2.75, 3.05) is 13.2 Å². The third-order valence-electron chi connectivity index (χ3n) is 6.18. The Labute approximate surface area is 182 Å². The molecule has 2 amide bonds. The molecule has 160 valence electrons. The molecule has 0 bridgehead atoms. The Bertz CT molecular complexity index is 955. The molecular weight excluding hydrogens is 402 g/mol. The predicted molar refractivity (Wildman–Crippen MR) is 116 cm³/mol. The zero-order valence-corrected chi connectivity index (χ0v) is 18.2. The summed E-state index contributed by atoms with van der Waals surface area (Å²) in [6.45, 7) is 6.28. The van der Waals surface area contributed by atoms with Gasteiger partial charge in [0.25, 0.3) is 11.8 Å². The van der Waals surface area contributed by atoms with Crippen LogP contribution < -0.4 is 5.32 Å². The molecular formula is C23H28ClN3O3. The molecule has 2 atom stereocenters. The van der Waals surface area contributed by atoms with E-state index in [9.17, 15) is 9.59 Å². The molecule has 0 saturated carbocycles. The summed E-state index contributed by atoms with van der Waals surface area (Å²) < 4.78 is 7.55. The Morgan fingerprint density at radius 3 is 2.80 bits per heavy atom. The zero-order valence-electron chi connectivity index (χ0n) is 17.5. The Kier molecular flexibility index (Phi) is 6.16. The van der Waals surface area contributed by atoms with Gasteiger partial charge in [0.15, 0.2) is 0 Å². The lowest BCUT2D eigenvalue weighted by atomic mass is 10.0. The number of nitrogens with one attached hydrogen (secondary N) is 1. The van der Waals surface area contributed by atoms with Crippen molar-refractivity contribution in [2.24, 2.45) is 0 Å². The molecule has 4 rings (SSSR count). The van der Waals surface area contributed by atoms with Crippen molar-refractivity contribution in [3.8, 4) is 0 Å². The molecule has 0 aliphatic carbocycles. The second kappa shape index (κ2) is 8.82. The van der Waals surface area contributed by atoms with Crippen molar-refractivity contribution in [1.82, 2.24) is 14.8 Å². The van der Waals surface area contributed by atoms with E-state index < -0.39 is 0 Å². The number of nitrogens with zero attached hydrogens (tertiary/aromatic N) is 2. The number of amides is 2. The number of aromatic nitrogens is 1. The lowest BCUT2D eigenvalue weighted by Gasteiger charge is -2.23. The first kappa shape index (κ1) is 20.9. The molecule has 0 radical (unpaired) electrons. The molecule has 1 aromatic heterocycles. The standard InChI is InChI=1S/C23H28ClN3O3/c1-3-19(16-8-4-5-9-18(16)24)25-22(28)20-13-17(21-14-30-12-11-27(20)21)23(29)26-10-6-7-15(26)2/h4-5,8-9,13,15,19H,3,6-7,10-12,14H2,1-2H3,(H,25,28). The third-order valence-corrected chi connectivity index (χ3v) is 6.52. The number of ether oxygens (including phenoxy) is 1. The van der Waals surface area contributed by atoms with Gasteiger partial charge in [-0.05, 0) is 43.9 Å². The first-order valence-corrected chi connectivity index (χ1v) is 11.1. The van der Waals surface area contributed by atoms with Crippen molar-refractivity contribution >= 4 is 23.4 Å². The predicted octanol–water partition coefficient (Wildman–Crippen LogP) is 4.18. The molecule has 1 N–H and O–H groups in total. The highest BCUT2D eigenvalue weighted by Crippen LogP contribution is 2.28. The van der Waals surface area contributed by atoms with Crippen LogP contribution in [0.2, 0.25) is 5.02 Å².